The first-order valence-corrected chi connectivity index (χ1v) is 9.29. The van der Waals surface area contributed by atoms with Gasteiger partial charge in [-0.1, -0.05) is 37.5 Å². The Bertz CT molecular complexity index is 714. The summed E-state index contributed by atoms with van der Waals surface area (Å²) < 4.78 is 2.26. The lowest BCUT2D eigenvalue weighted by molar-refractivity contribution is 0.102. The second-order valence-corrected chi connectivity index (χ2v) is 7.04. The summed E-state index contributed by atoms with van der Waals surface area (Å²) in [5.41, 5.74) is 3.34. The number of benzene rings is 1. The third-order valence-electron chi connectivity index (χ3n) is 5.40. The summed E-state index contributed by atoms with van der Waals surface area (Å²) in [6.45, 7) is 0. The Morgan fingerprint density at radius 1 is 1.00 bits per heavy atom. The average molecular weight is 323 g/mol. The number of nitrogens with zero attached hydrogens (tertiary/aromatic N) is 2. The fraction of sp³-hybridized carbons (Fsp3) is 0.500. The third-order valence-corrected chi connectivity index (χ3v) is 5.40. The highest BCUT2D eigenvalue weighted by molar-refractivity contribution is 6.04. The van der Waals surface area contributed by atoms with Crippen LogP contribution >= 0.6 is 0 Å². The number of nitrogens with one attached hydrogen (secondary N) is 1. The molecule has 1 amide bonds. The van der Waals surface area contributed by atoms with Gasteiger partial charge < -0.3 is 5.32 Å². The molecule has 2 aromatic rings. The predicted octanol–water partition coefficient (Wildman–Crippen LogP) is 4.52. The number of anilines is 1. The van der Waals surface area contributed by atoms with Gasteiger partial charge in [0.2, 0.25) is 0 Å². The number of carbonyl (C=O) groups is 1. The second kappa shape index (κ2) is 6.80. The molecule has 0 saturated heterocycles. The molecule has 4 heteroatoms. The quantitative estimate of drug-likeness (QED) is 0.902. The largest absolute Gasteiger partial charge is 0.305 e. The standard InChI is InChI=1S/C20H25N3O/c24-20(15-9-3-1-4-10-15)21-19-17-13-7-8-14-18(17)23(22-19)16-11-5-2-6-12-16/h1,3-4,9-10,16H,2,5-8,11-14H2,(H,21,22,24). The zero-order valence-corrected chi connectivity index (χ0v) is 14.1. The number of rotatable bonds is 3. The van der Waals surface area contributed by atoms with Gasteiger partial charge in [-0.05, 0) is 50.7 Å². The molecule has 0 radical (unpaired) electrons. The van der Waals surface area contributed by atoms with Crippen molar-refractivity contribution < 1.29 is 4.79 Å². The molecule has 126 valence electrons. The molecule has 1 saturated carbocycles. The smallest absolute Gasteiger partial charge is 0.256 e. The van der Waals surface area contributed by atoms with Gasteiger partial charge in [0, 0.05) is 16.8 Å². The molecule has 1 aromatic heterocycles. The van der Waals surface area contributed by atoms with Crippen LogP contribution in [-0.2, 0) is 12.8 Å². The van der Waals surface area contributed by atoms with Crippen molar-refractivity contribution in [1.29, 1.82) is 0 Å². The predicted molar refractivity (Wildman–Crippen MR) is 95.4 cm³/mol. The first kappa shape index (κ1) is 15.4. The Morgan fingerprint density at radius 3 is 2.54 bits per heavy atom. The molecule has 2 aliphatic carbocycles. The van der Waals surface area contributed by atoms with Crippen molar-refractivity contribution in [2.75, 3.05) is 5.32 Å². The summed E-state index contributed by atoms with van der Waals surface area (Å²) in [7, 11) is 0. The molecule has 2 aliphatic rings. The van der Waals surface area contributed by atoms with Crippen LogP contribution in [0.5, 0.6) is 0 Å². The molecule has 0 bridgehead atoms. The summed E-state index contributed by atoms with van der Waals surface area (Å²) in [6.07, 6.45) is 10.9. The van der Waals surface area contributed by atoms with E-state index in [1.54, 1.807) is 0 Å². The molecular formula is C20H25N3O. The Hall–Kier alpha value is -2.10. The van der Waals surface area contributed by atoms with Crippen LogP contribution in [-0.4, -0.2) is 15.7 Å². The summed E-state index contributed by atoms with van der Waals surface area (Å²) in [5, 5.41) is 7.94. The molecule has 0 atom stereocenters. The van der Waals surface area contributed by atoms with Gasteiger partial charge in [-0.3, -0.25) is 9.48 Å². The Labute approximate surface area is 143 Å². The minimum Gasteiger partial charge on any atom is -0.305 e. The highest BCUT2D eigenvalue weighted by atomic mass is 16.1. The van der Waals surface area contributed by atoms with Gasteiger partial charge in [0.25, 0.3) is 5.91 Å². The SMILES string of the molecule is O=C(Nc1nn(C2CCCCC2)c2c1CCCC2)c1ccccc1. The van der Waals surface area contributed by atoms with Crippen molar-refractivity contribution >= 4 is 11.7 Å². The van der Waals surface area contributed by atoms with Crippen LogP contribution in [0.2, 0.25) is 0 Å². The fourth-order valence-corrected chi connectivity index (χ4v) is 4.12. The van der Waals surface area contributed by atoms with E-state index in [0.717, 1.165) is 18.7 Å². The van der Waals surface area contributed by atoms with Crippen molar-refractivity contribution in [3.63, 3.8) is 0 Å². The molecule has 1 heterocycles. The van der Waals surface area contributed by atoms with E-state index in [1.165, 1.54) is 56.2 Å². The van der Waals surface area contributed by atoms with Crippen LogP contribution < -0.4 is 5.32 Å². The van der Waals surface area contributed by atoms with Crippen LogP contribution in [0, 0.1) is 0 Å². The number of amides is 1. The third kappa shape index (κ3) is 2.97. The van der Waals surface area contributed by atoms with Crippen molar-refractivity contribution in [3.05, 3.63) is 47.2 Å². The summed E-state index contributed by atoms with van der Waals surface area (Å²) in [5.74, 6) is 0.737. The minimum atomic E-state index is -0.0581. The second-order valence-electron chi connectivity index (χ2n) is 7.04. The van der Waals surface area contributed by atoms with Gasteiger partial charge in [0.15, 0.2) is 5.82 Å². The van der Waals surface area contributed by atoms with Crippen LogP contribution in [0.25, 0.3) is 0 Å². The Morgan fingerprint density at radius 2 is 1.75 bits per heavy atom. The van der Waals surface area contributed by atoms with E-state index in [1.807, 2.05) is 30.3 Å². The van der Waals surface area contributed by atoms with Crippen LogP contribution in [0.1, 0.15) is 72.6 Å². The molecule has 1 aromatic carbocycles. The average Bonchev–Trinajstić information content (AvgIpc) is 3.02. The van der Waals surface area contributed by atoms with Crippen molar-refractivity contribution in [1.82, 2.24) is 9.78 Å². The molecule has 0 spiro atoms. The molecule has 1 fully saturated rings. The van der Waals surface area contributed by atoms with Crippen LogP contribution in [0.3, 0.4) is 0 Å². The molecule has 0 unspecified atom stereocenters. The van der Waals surface area contributed by atoms with E-state index in [-0.39, 0.29) is 5.91 Å². The fourth-order valence-electron chi connectivity index (χ4n) is 4.12. The maximum Gasteiger partial charge on any atom is 0.256 e. The minimum absolute atomic E-state index is 0.0581. The van der Waals surface area contributed by atoms with Crippen LogP contribution in [0.4, 0.5) is 5.82 Å². The lowest BCUT2D eigenvalue weighted by Gasteiger charge is -2.25. The van der Waals surface area contributed by atoms with Gasteiger partial charge in [0.05, 0.1) is 6.04 Å². The Balaban J connectivity index is 1.63. The number of carbonyl (C=O) groups excluding carboxylic acids is 1. The highest BCUT2D eigenvalue weighted by Crippen LogP contribution is 2.35. The zero-order valence-electron chi connectivity index (χ0n) is 14.1. The van der Waals surface area contributed by atoms with Crippen LogP contribution in [0.15, 0.2) is 30.3 Å². The Kier molecular flexibility index (Phi) is 4.37. The normalized spacial score (nSPS) is 18.2. The van der Waals surface area contributed by atoms with Crippen molar-refractivity contribution in [2.45, 2.75) is 63.8 Å². The van der Waals surface area contributed by atoms with Crippen molar-refractivity contribution in [3.8, 4) is 0 Å². The lowest BCUT2D eigenvalue weighted by Crippen LogP contribution is -2.18. The highest BCUT2D eigenvalue weighted by Gasteiger charge is 2.26. The van der Waals surface area contributed by atoms with E-state index in [2.05, 4.69) is 10.00 Å². The van der Waals surface area contributed by atoms with E-state index >= 15 is 0 Å². The maximum atomic E-state index is 12.5. The van der Waals surface area contributed by atoms with Gasteiger partial charge >= 0.3 is 0 Å². The van der Waals surface area contributed by atoms with Gasteiger partial charge in [-0.25, -0.2) is 0 Å². The number of hydrogen-bond donors (Lipinski definition) is 1. The lowest BCUT2D eigenvalue weighted by atomic mass is 9.93. The first-order valence-electron chi connectivity index (χ1n) is 9.29. The molecular weight excluding hydrogens is 298 g/mol. The zero-order chi connectivity index (χ0) is 16.4. The monoisotopic (exact) mass is 323 g/mol. The molecule has 4 rings (SSSR count). The number of aromatic nitrogens is 2. The summed E-state index contributed by atoms with van der Waals surface area (Å²) in [6, 6.07) is 9.93. The van der Waals surface area contributed by atoms with E-state index in [0.29, 0.717) is 11.6 Å². The van der Waals surface area contributed by atoms with Gasteiger partial charge in [-0.2, -0.15) is 5.10 Å². The maximum absolute atomic E-state index is 12.5. The molecule has 4 nitrogen and oxygen atoms in total. The summed E-state index contributed by atoms with van der Waals surface area (Å²) in [4.78, 5) is 12.5. The van der Waals surface area contributed by atoms with Crippen molar-refractivity contribution in [2.24, 2.45) is 0 Å². The number of hydrogen-bond acceptors (Lipinski definition) is 2. The molecule has 0 aliphatic heterocycles. The summed E-state index contributed by atoms with van der Waals surface area (Å²) >= 11 is 0. The molecule has 24 heavy (non-hydrogen) atoms. The van der Waals surface area contributed by atoms with E-state index in [4.69, 9.17) is 5.10 Å². The van der Waals surface area contributed by atoms with E-state index in [9.17, 15) is 4.79 Å². The topological polar surface area (TPSA) is 46.9 Å². The van der Waals surface area contributed by atoms with Gasteiger partial charge in [0.1, 0.15) is 0 Å². The van der Waals surface area contributed by atoms with Gasteiger partial charge in [-0.15, -0.1) is 0 Å². The molecule has 1 N–H and O–H groups in total. The first-order chi connectivity index (χ1) is 11.8. The number of fused-ring (bicyclic) bond motifs is 1. The van der Waals surface area contributed by atoms with E-state index < -0.39 is 0 Å².